The number of ketones is 1. The largest absolute Gasteiger partial charge is 0.375 e. The number of piperidine rings is 1. The predicted octanol–water partition coefficient (Wildman–Crippen LogP) is 0.649. The summed E-state index contributed by atoms with van der Waals surface area (Å²) in [6, 6.07) is 0. The number of amides is 1. The number of Topliss-reactive ketones (excluding diaryl/α,β-unsaturated/α-hetero) is 1. The van der Waals surface area contributed by atoms with E-state index in [0.29, 0.717) is 24.2 Å². The Hall–Kier alpha value is -0.590. The second-order valence-electron chi connectivity index (χ2n) is 5.85. The summed E-state index contributed by atoms with van der Waals surface area (Å²) in [4.78, 5) is 27.2. The van der Waals surface area contributed by atoms with E-state index < -0.39 is 0 Å². The molecule has 0 atom stereocenters. The molecule has 0 bridgehead atoms. The number of likely N-dealkylation sites (tertiary alicyclic amines) is 2. The molecule has 2 saturated heterocycles. The van der Waals surface area contributed by atoms with Gasteiger partial charge in [-0.2, -0.15) is 13.5 Å². The maximum absolute atomic E-state index is 11.7. The average Bonchev–Trinajstić information content (AvgIpc) is 2.37. The molecule has 2 fully saturated rings. The quantitative estimate of drug-likeness (QED) is 0.748. The summed E-state index contributed by atoms with van der Waals surface area (Å²) in [7, 11) is 1.55. The van der Waals surface area contributed by atoms with Crippen molar-refractivity contribution in [1.82, 2.24) is 9.80 Å². The number of methoxy groups -OCH3 is 1. The summed E-state index contributed by atoms with van der Waals surface area (Å²) >= 11 is 0. The van der Waals surface area contributed by atoms with Crippen molar-refractivity contribution < 1.29 is 14.3 Å². The van der Waals surface area contributed by atoms with Gasteiger partial charge in [-0.15, -0.1) is 0 Å². The van der Waals surface area contributed by atoms with Gasteiger partial charge in [-0.1, -0.05) is 6.92 Å². The van der Waals surface area contributed by atoms with Crippen LogP contribution in [0.4, 0.5) is 0 Å². The molecule has 0 radical (unpaired) electrons. The van der Waals surface area contributed by atoms with Gasteiger partial charge in [0.05, 0.1) is 6.54 Å². The molecule has 0 saturated carbocycles. The van der Waals surface area contributed by atoms with Crippen molar-refractivity contribution in [3.8, 4) is 0 Å². The van der Waals surface area contributed by atoms with Crippen LogP contribution in [0.25, 0.3) is 0 Å². The number of carbonyl (C=O) groups is 2. The smallest absolute Gasteiger partial charge is 0.248 e. The van der Waals surface area contributed by atoms with Crippen LogP contribution in [-0.4, -0.2) is 67.9 Å². The molecule has 1 amide bonds. The van der Waals surface area contributed by atoms with Gasteiger partial charge in [0.25, 0.3) is 0 Å². The van der Waals surface area contributed by atoms with E-state index in [0.717, 1.165) is 39.0 Å². The van der Waals surface area contributed by atoms with E-state index in [9.17, 15) is 9.59 Å². The van der Waals surface area contributed by atoms with Crippen molar-refractivity contribution in [1.29, 1.82) is 0 Å². The van der Waals surface area contributed by atoms with Crippen LogP contribution in [0.2, 0.25) is 0 Å². The summed E-state index contributed by atoms with van der Waals surface area (Å²) in [5.74, 6) is 0.414. The van der Waals surface area contributed by atoms with E-state index in [4.69, 9.17) is 4.74 Å². The second kappa shape index (κ2) is 7.43. The SMILES string of the molecule is CCC(=O)CN1CC2(CCN(C(=O)COC)CC2)C1.S. The van der Waals surface area contributed by atoms with Crippen molar-refractivity contribution in [2.45, 2.75) is 26.2 Å². The topological polar surface area (TPSA) is 49.9 Å². The van der Waals surface area contributed by atoms with Crippen LogP contribution in [0.15, 0.2) is 0 Å². The molecule has 116 valence electrons. The van der Waals surface area contributed by atoms with Gasteiger partial charge < -0.3 is 9.64 Å². The van der Waals surface area contributed by atoms with Gasteiger partial charge in [0.15, 0.2) is 0 Å². The van der Waals surface area contributed by atoms with Gasteiger partial charge in [0.2, 0.25) is 5.91 Å². The van der Waals surface area contributed by atoms with Gasteiger partial charge in [-0.25, -0.2) is 0 Å². The third kappa shape index (κ3) is 3.96. The van der Waals surface area contributed by atoms with E-state index in [1.165, 1.54) is 0 Å². The van der Waals surface area contributed by atoms with Crippen molar-refractivity contribution in [2.75, 3.05) is 46.4 Å². The van der Waals surface area contributed by atoms with Gasteiger partial charge in [0, 0.05) is 39.7 Å². The molecule has 2 aliphatic rings. The molecule has 0 aromatic heterocycles. The molecule has 2 heterocycles. The van der Waals surface area contributed by atoms with Crippen LogP contribution in [0.1, 0.15) is 26.2 Å². The first kappa shape index (κ1) is 17.5. The fraction of sp³-hybridized carbons (Fsp3) is 0.857. The average molecular weight is 302 g/mol. The standard InChI is InChI=1S/C14H24N2O3.H2S/c1-3-12(17)8-15-10-14(11-15)4-6-16(7-5-14)13(18)9-19-2;/h3-11H2,1-2H3;1H2. The maximum atomic E-state index is 11.7. The summed E-state index contributed by atoms with van der Waals surface area (Å²) in [6.07, 6.45) is 2.74. The number of carbonyl (C=O) groups excluding carboxylic acids is 2. The zero-order valence-corrected chi connectivity index (χ0v) is 13.5. The van der Waals surface area contributed by atoms with Crippen LogP contribution >= 0.6 is 13.5 Å². The van der Waals surface area contributed by atoms with Gasteiger partial charge in [-0.3, -0.25) is 14.5 Å². The highest BCUT2D eigenvalue weighted by Crippen LogP contribution is 2.40. The third-order valence-corrected chi connectivity index (χ3v) is 4.36. The lowest BCUT2D eigenvalue weighted by molar-refractivity contribution is -0.140. The fourth-order valence-corrected chi connectivity index (χ4v) is 3.14. The second-order valence-corrected chi connectivity index (χ2v) is 5.85. The number of rotatable bonds is 5. The Morgan fingerprint density at radius 2 is 1.80 bits per heavy atom. The zero-order chi connectivity index (χ0) is 13.9. The molecule has 1 spiro atoms. The van der Waals surface area contributed by atoms with Crippen LogP contribution in [0.5, 0.6) is 0 Å². The van der Waals surface area contributed by atoms with Crippen LogP contribution in [0, 0.1) is 5.41 Å². The molecule has 20 heavy (non-hydrogen) atoms. The minimum Gasteiger partial charge on any atom is -0.375 e. The fourth-order valence-electron chi connectivity index (χ4n) is 3.14. The molecule has 5 nitrogen and oxygen atoms in total. The summed E-state index contributed by atoms with van der Waals surface area (Å²) in [5, 5.41) is 0. The number of hydrogen-bond donors (Lipinski definition) is 0. The maximum Gasteiger partial charge on any atom is 0.248 e. The summed E-state index contributed by atoms with van der Waals surface area (Å²) < 4.78 is 4.89. The van der Waals surface area contributed by atoms with Crippen LogP contribution < -0.4 is 0 Å². The van der Waals surface area contributed by atoms with Gasteiger partial charge >= 0.3 is 0 Å². The summed E-state index contributed by atoms with van der Waals surface area (Å²) in [6.45, 7) is 6.40. The molecule has 0 unspecified atom stereocenters. The van der Waals surface area contributed by atoms with Crippen LogP contribution in [0.3, 0.4) is 0 Å². The van der Waals surface area contributed by atoms with Gasteiger partial charge in [0.1, 0.15) is 12.4 Å². The van der Waals surface area contributed by atoms with E-state index in [1.54, 1.807) is 7.11 Å². The van der Waals surface area contributed by atoms with Crippen molar-refractivity contribution in [3.05, 3.63) is 0 Å². The monoisotopic (exact) mass is 302 g/mol. The molecule has 0 N–H and O–H groups in total. The van der Waals surface area contributed by atoms with Gasteiger partial charge in [-0.05, 0) is 18.3 Å². The number of nitrogens with zero attached hydrogens (tertiary/aromatic N) is 2. The van der Waals surface area contributed by atoms with Crippen molar-refractivity contribution >= 4 is 25.2 Å². The Bertz CT molecular complexity index is 346. The molecule has 0 aliphatic carbocycles. The molecule has 0 aromatic carbocycles. The molecular weight excluding hydrogens is 276 g/mol. The molecule has 2 aliphatic heterocycles. The zero-order valence-electron chi connectivity index (χ0n) is 12.5. The number of hydrogen-bond acceptors (Lipinski definition) is 4. The lowest BCUT2D eigenvalue weighted by Crippen LogP contribution is -2.61. The third-order valence-electron chi connectivity index (χ3n) is 4.36. The summed E-state index contributed by atoms with van der Waals surface area (Å²) in [5.41, 5.74) is 0.359. The number of ether oxygens (including phenoxy) is 1. The molecule has 2 rings (SSSR count). The van der Waals surface area contributed by atoms with Crippen molar-refractivity contribution in [2.24, 2.45) is 5.41 Å². The highest BCUT2D eigenvalue weighted by atomic mass is 32.1. The lowest BCUT2D eigenvalue weighted by Gasteiger charge is -2.54. The first-order valence-corrected chi connectivity index (χ1v) is 7.09. The Morgan fingerprint density at radius 1 is 1.20 bits per heavy atom. The Morgan fingerprint density at radius 3 is 2.30 bits per heavy atom. The van der Waals surface area contributed by atoms with E-state index in [2.05, 4.69) is 4.90 Å². The van der Waals surface area contributed by atoms with E-state index >= 15 is 0 Å². The lowest BCUT2D eigenvalue weighted by atomic mass is 9.72. The minimum atomic E-state index is 0. The minimum absolute atomic E-state index is 0. The Kier molecular flexibility index (Phi) is 6.48. The van der Waals surface area contributed by atoms with Crippen LogP contribution in [-0.2, 0) is 14.3 Å². The molecular formula is C14H26N2O3S. The Labute approximate surface area is 128 Å². The highest BCUT2D eigenvalue weighted by Gasteiger charge is 2.45. The first-order valence-electron chi connectivity index (χ1n) is 7.09. The predicted molar refractivity (Wildman–Crippen MR) is 82.2 cm³/mol. The molecule has 6 heteroatoms. The molecule has 0 aromatic rings. The Balaban J connectivity index is 0.00000200. The van der Waals surface area contributed by atoms with E-state index in [1.807, 2.05) is 11.8 Å². The van der Waals surface area contributed by atoms with E-state index in [-0.39, 0.29) is 26.0 Å². The first-order chi connectivity index (χ1) is 9.08. The normalized spacial score (nSPS) is 21.2. The highest BCUT2D eigenvalue weighted by molar-refractivity contribution is 7.59. The van der Waals surface area contributed by atoms with Crippen molar-refractivity contribution in [3.63, 3.8) is 0 Å².